The zero-order valence-corrected chi connectivity index (χ0v) is 15.1. The van der Waals surface area contributed by atoms with E-state index in [1.54, 1.807) is 12.1 Å². The number of nitriles is 1. The van der Waals surface area contributed by atoms with Crippen molar-refractivity contribution < 1.29 is 14.3 Å². The summed E-state index contributed by atoms with van der Waals surface area (Å²) in [6, 6.07) is 16.9. The van der Waals surface area contributed by atoms with Gasteiger partial charge in [0.05, 0.1) is 5.56 Å². The van der Waals surface area contributed by atoms with Crippen LogP contribution >= 0.6 is 0 Å². The molecule has 0 N–H and O–H groups in total. The molecule has 2 rings (SSSR count). The Morgan fingerprint density at radius 1 is 1.08 bits per heavy atom. The first kappa shape index (κ1) is 18.5. The highest BCUT2D eigenvalue weighted by Gasteiger charge is 2.13. The average Bonchev–Trinajstić information content (AvgIpc) is 2.59. The Labute approximate surface area is 149 Å². The van der Waals surface area contributed by atoms with Gasteiger partial charge in [0.25, 0.3) is 0 Å². The van der Waals surface area contributed by atoms with Crippen LogP contribution in [0, 0.1) is 11.3 Å². The van der Waals surface area contributed by atoms with E-state index in [9.17, 15) is 4.79 Å². The quantitative estimate of drug-likeness (QED) is 0.746. The Morgan fingerprint density at radius 3 is 2.20 bits per heavy atom. The first-order chi connectivity index (χ1) is 11.8. The van der Waals surface area contributed by atoms with Gasteiger partial charge >= 0.3 is 5.97 Å². The molecule has 0 amide bonds. The molecule has 2 aromatic carbocycles. The minimum atomic E-state index is -0.758. The number of rotatable bonds is 5. The van der Waals surface area contributed by atoms with Crippen LogP contribution in [0.2, 0.25) is 0 Å². The van der Waals surface area contributed by atoms with Crippen molar-refractivity contribution in [2.75, 3.05) is 0 Å². The van der Waals surface area contributed by atoms with Gasteiger partial charge in [-0.1, -0.05) is 45.0 Å². The molecule has 1 atom stereocenters. The fourth-order valence-electron chi connectivity index (χ4n) is 2.21. The van der Waals surface area contributed by atoms with Gasteiger partial charge in [0, 0.05) is 0 Å². The molecule has 2 aromatic rings. The third-order valence-corrected chi connectivity index (χ3v) is 3.78. The lowest BCUT2D eigenvalue weighted by Gasteiger charge is -2.19. The van der Waals surface area contributed by atoms with Gasteiger partial charge < -0.3 is 9.47 Å². The van der Waals surface area contributed by atoms with Crippen molar-refractivity contribution in [2.45, 2.75) is 45.8 Å². The molecule has 0 bridgehead atoms. The lowest BCUT2D eigenvalue weighted by molar-refractivity contribution is 0.0435. The second-order valence-corrected chi connectivity index (χ2v) is 6.94. The van der Waals surface area contributed by atoms with Crippen LogP contribution in [0.1, 0.15) is 49.2 Å². The second-order valence-electron chi connectivity index (χ2n) is 6.94. The molecule has 0 aromatic heterocycles. The van der Waals surface area contributed by atoms with E-state index in [2.05, 4.69) is 32.9 Å². The zero-order chi connectivity index (χ0) is 18.4. The van der Waals surface area contributed by atoms with E-state index in [-0.39, 0.29) is 5.41 Å². The first-order valence-corrected chi connectivity index (χ1v) is 8.22. The number of esters is 1. The van der Waals surface area contributed by atoms with Crippen LogP contribution in [0.3, 0.4) is 0 Å². The van der Waals surface area contributed by atoms with Crippen molar-refractivity contribution in [1.29, 1.82) is 5.26 Å². The van der Waals surface area contributed by atoms with E-state index in [1.165, 1.54) is 12.5 Å². The third-order valence-electron chi connectivity index (χ3n) is 3.78. The Kier molecular flexibility index (Phi) is 5.82. The number of carbonyl (C=O) groups is 1. The maximum Gasteiger partial charge on any atom is 0.339 e. The van der Waals surface area contributed by atoms with Crippen molar-refractivity contribution in [3.05, 3.63) is 65.2 Å². The molecule has 0 aliphatic carbocycles. The lowest BCUT2D eigenvalue weighted by Crippen LogP contribution is -2.13. The largest absolute Gasteiger partial charge is 0.489 e. The van der Waals surface area contributed by atoms with Crippen molar-refractivity contribution in [1.82, 2.24) is 0 Å². The highest BCUT2D eigenvalue weighted by Crippen LogP contribution is 2.24. The normalized spacial score (nSPS) is 12.1. The van der Waals surface area contributed by atoms with Crippen LogP contribution in [0.15, 0.2) is 48.5 Å². The number of hydrogen-bond acceptors (Lipinski definition) is 4. The first-order valence-electron chi connectivity index (χ1n) is 8.22. The van der Waals surface area contributed by atoms with Gasteiger partial charge in [-0.2, -0.15) is 5.26 Å². The van der Waals surface area contributed by atoms with Crippen molar-refractivity contribution in [3.63, 3.8) is 0 Å². The topological polar surface area (TPSA) is 59.3 Å². The zero-order valence-electron chi connectivity index (χ0n) is 15.1. The molecule has 0 radical (unpaired) electrons. The summed E-state index contributed by atoms with van der Waals surface area (Å²) in [6.07, 6.45) is -0.758. The predicted molar refractivity (Wildman–Crippen MR) is 96.4 cm³/mol. The molecule has 0 aliphatic rings. The summed E-state index contributed by atoms with van der Waals surface area (Å²) in [5.74, 6) is 0.304. The molecule has 0 saturated carbocycles. The van der Waals surface area contributed by atoms with Gasteiger partial charge in [-0.25, -0.2) is 4.79 Å². The van der Waals surface area contributed by atoms with E-state index in [1.807, 2.05) is 30.3 Å². The summed E-state index contributed by atoms with van der Waals surface area (Å²) in [7, 11) is 0. The van der Waals surface area contributed by atoms with E-state index < -0.39 is 12.1 Å². The number of ether oxygens (including phenoxy) is 2. The van der Waals surface area contributed by atoms with Crippen LogP contribution < -0.4 is 4.74 Å². The van der Waals surface area contributed by atoms with Gasteiger partial charge in [0.15, 0.2) is 6.10 Å². The summed E-state index contributed by atoms with van der Waals surface area (Å²) in [4.78, 5) is 11.8. The third kappa shape index (κ3) is 5.36. The average molecular weight is 337 g/mol. The van der Waals surface area contributed by atoms with Gasteiger partial charge in [-0.05, 0) is 47.7 Å². The maximum atomic E-state index is 11.8. The Bertz CT molecular complexity index is 750. The Hall–Kier alpha value is -2.80. The summed E-state index contributed by atoms with van der Waals surface area (Å²) < 4.78 is 10.7. The minimum absolute atomic E-state index is 0.117. The fraction of sp³-hybridized carbons (Fsp3) is 0.333. The molecule has 0 unspecified atom stereocenters. The number of carbonyl (C=O) groups excluding carboxylic acids is 1. The summed E-state index contributed by atoms with van der Waals surface area (Å²) >= 11 is 0. The molecule has 0 aliphatic heterocycles. The summed E-state index contributed by atoms with van der Waals surface area (Å²) in [5.41, 5.74) is 2.74. The minimum Gasteiger partial charge on any atom is -0.489 e. The monoisotopic (exact) mass is 337 g/mol. The smallest absolute Gasteiger partial charge is 0.339 e. The Balaban J connectivity index is 1.93. The van der Waals surface area contributed by atoms with Gasteiger partial charge in [0.1, 0.15) is 18.4 Å². The molecule has 0 fully saturated rings. The molecule has 25 heavy (non-hydrogen) atoms. The second kappa shape index (κ2) is 7.85. The van der Waals surface area contributed by atoms with Crippen molar-refractivity contribution >= 4 is 5.97 Å². The van der Waals surface area contributed by atoms with Gasteiger partial charge in [-0.3, -0.25) is 0 Å². The number of benzene rings is 2. The molecule has 0 spiro atoms. The predicted octanol–water partition coefficient (Wildman–Crippen LogP) is 4.63. The van der Waals surface area contributed by atoms with Gasteiger partial charge in [0.2, 0.25) is 0 Å². The van der Waals surface area contributed by atoms with Crippen LogP contribution in [0.25, 0.3) is 0 Å². The molecule has 130 valence electrons. The standard InChI is InChI=1S/C21H23NO3/c1-15(13-22)25-20(23)17-7-5-16(6-8-17)14-24-19-11-9-18(10-12-19)21(2,3)4/h5-12,15H,14H2,1-4H3/t15-/m0/s1. The van der Waals surface area contributed by atoms with Crippen LogP contribution in [-0.4, -0.2) is 12.1 Å². The molecule has 0 saturated heterocycles. The van der Waals surface area contributed by atoms with E-state index in [0.29, 0.717) is 12.2 Å². The summed E-state index contributed by atoms with van der Waals surface area (Å²) in [6.45, 7) is 8.47. The van der Waals surface area contributed by atoms with Crippen molar-refractivity contribution in [3.8, 4) is 11.8 Å². The SMILES string of the molecule is C[C@@H](C#N)OC(=O)c1ccc(COc2ccc(C(C)(C)C)cc2)cc1. The summed E-state index contributed by atoms with van der Waals surface area (Å²) in [5, 5.41) is 8.67. The van der Waals surface area contributed by atoms with E-state index in [4.69, 9.17) is 14.7 Å². The molecular formula is C21H23NO3. The van der Waals surface area contributed by atoms with E-state index in [0.717, 1.165) is 11.3 Å². The maximum absolute atomic E-state index is 11.8. The lowest BCUT2D eigenvalue weighted by atomic mass is 9.87. The van der Waals surface area contributed by atoms with Crippen molar-refractivity contribution in [2.24, 2.45) is 0 Å². The van der Waals surface area contributed by atoms with Crippen LogP contribution in [0.5, 0.6) is 5.75 Å². The molecule has 0 heterocycles. The van der Waals surface area contributed by atoms with Crippen LogP contribution in [0.4, 0.5) is 0 Å². The molecule has 4 heteroatoms. The number of hydrogen-bond donors (Lipinski definition) is 0. The highest BCUT2D eigenvalue weighted by molar-refractivity contribution is 5.89. The molecular weight excluding hydrogens is 314 g/mol. The highest BCUT2D eigenvalue weighted by atomic mass is 16.5. The van der Waals surface area contributed by atoms with Gasteiger partial charge in [-0.15, -0.1) is 0 Å². The number of nitrogens with zero attached hydrogens (tertiary/aromatic N) is 1. The Morgan fingerprint density at radius 2 is 1.68 bits per heavy atom. The van der Waals surface area contributed by atoms with Crippen LogP contribution in [-0.2, 0) is 16.8 Å². The van der Waals surface area contributed by atoms with E-state index >= 15 is 0 Å². The fourth-order valence-corrected chi connectivity index (χ4v) is 2.21. The molecule has 4 nitrogen and oxygen atoms in total.